The Morgan fingerprint density at radius 2 is 1.78 bits per heavy atom. The number of rotatable bonds is 6. The summed E-state index contributed by atoms with van der Waals surface area (Å²) in [6.45, 7) is 2.16. The van der Waals surface area contributed by atoms with E-state index < -0.39 is 5.97 Å². The second-order valence-electron chi connectivity index (χ2n) is 4.24. The molecule has 0 fully saturated rings. The first-order valence-corrected chi connectivity index (χ1v) is 5.69. The van der Waals surface area contributed by atoms with Gasteiger partial charge in [0.25, 0.3) is 0 Å². The molecule has 0 spiro atoms. The molecular weight excluding hydrogens is 238 g/mol. The first-order valence-electron chi connectivity index (χ1n) is 5.69. The second kappa shape index (κ2) is 7.52. The molecule has 1 unspecified atom stereocenters. The van der Waals surface area contributed by atoms with E-state index in [4.69, 9.17) is 5.11 Å². The van der Waals surface area contributed by atoms with Gasteiger partial charge in [0.1, 0.15) is 0 Å². The van der Waals surface area contributed by atoms with Gasteiger partial charge < -0.3 is 20.2 Å². The number of hydrogen-bond donors (Lipinski definition) is 2. The predicted octanol–water partition coefficient (Wildman–Crippen LogP) is -0.173. The van der Waals surface area contributed by atoms with E-state index >= 15 is 0 Å². The molecule has 0 aliphatic rings. The molecule has 0 saturated carbocycles. The van der Waals surface area contributed by atoms with Gasteiger partial charge in [-0.3, -0.25) is 9.59 Å². The van der Waals surface area contributed by atoms with E-state index in [0.29, 0.717) is 0 Å². The van der Waals surface area contributed by atoms with Gasteiger partial charge in [0, 0.05) is 34.2 Å². The van der Waals surface area contributed by atoms with E-state index in [1.807, 2.05) is 0 Å². The standard InChI is InChI=1S/C11H21N3O4/c1-8(10(17)12-2)7-14(4)11(18)13(3)6-5-9(15)16/h8H,5-7H2,1-4H3,(H,12,17)(H,15,16). The average molecular weight is 259 g/mol. The number of hydrogen-bond acceptors (Lipinski definition) is 3. The molecule has 18 heavy (non-hydrogen) atoms. The van der Waals surface area contributed by atoms with Crippen molar-refractivity contribution in [2.24, 2.45) is 5.92 Å². The molecule has 0 saturated heterocycles. The van der Waals surface area contributed by atoms with Crippen molar-refractivity contribution < 1.29 is 19.5 Å². The van der Waals surface area contributed by atoms with Crippen molar-refractivity contribution in [3.8, 4) is 0 Å². The molecular formula is C11H21N3O4. The molecule has 0 bridgehead atoms. The number of urea groups is 1. The van der Waals surface area contributed by atoms with E-state index in [2.05, 4.69) is 5.32 Å². The fourth-order valence-corrected chi connectivity index (χ4v) is 1.47. The van der Waals surface area contributed by atoms with Crippen molar-refractivity contribution in [1.29, 1.82) is 0 Å². The fourth-order valence-electron chi connectivity index (χ4n) is 1.47. The molecule has 7 nitrogen and oxygen atoms in total. The number of carbonyl (C=O) groups is 3. The van der Waals surface area contributed by atoms with Crippen LogP contribution in [0, 0.1) is 5.92 Å². The van der Waals surface area contributed by atoms with E-state index in [0.717, 1.165) is 0 Å². The Morgan fingerprint density at radius 1 is 1.22 bits per heavy atom. The van der Waals surface area contributed by atoms with Crippen LogP contribution in [0.5, 0.6) is 0 Å². The van der Waals surface area contributed by atoms with Crippen LogP contribution >= 0.6 is 0 Å². The van der Waals surface area contributed by atoms with Crippen LogP contribution in [0.15, 0.2) is 0 Å². The van der Waals surface area contributed by atoms with Crippen molar-refractivity contribution in [3.63, 3.8) is 0 Å². The van der Waals surface area contributed by atoms with Gasteiger partial charge in [-0.2, -0.15) is 0 Å². The quantitative estimate of drug-likeness (QED) is 0.693. The molecule has 3 amide bonds. The summed E-state index contributed by atoms with van der Waals surface area (Å²) >= 11 is 0. The Balaban J connectivity index is 4.24. The largest absolute Gasteiger partial charge is 0.481 e. The minimum absolute atomic E-state index is 0.0962. The summed E-state index contributed by atoms with van der Waals surface area (Å²) in [7, 11) is 4.66. The molecule has 0 aliphatic carbocycles. The Morgan fingerprint density at radius 3 is 2.22 bits per heavy atom. The molecule has 1 atom stereocenters. The first kappa shape index (κ1) is 16.2. The Bertz CT molecular complexity index is 319. The predicted molar refractivity (Wildman–Crippen MR) is 66.1 cm³/mol. The van der Waals surface area contributed by atoms with Crippen molar-refractivity contribution in [2.45, 2.75) is 13.3 Å². The summed E-state index contributed by atoms with van der Waals surface area (Å²) in [4.78, 5) is 36.3. The van der Waals surface area contributed by atoms with Gasteiger partial charge in [0.15, 0.2) is 0 Å². The van der Waals surface area contributed by atoms with Crippen LogP contribution in [-0.4, -0.2) is 67.0 Å². The van der Waals surface area contributed by atoms with Crippen molar-refractivity contribution in [2.75, 3.05) is 34.2 Å². The maximum absolute atomic E-state index is 11.8. The lowest BCUT2D eigenvalue weighted by atomic mass is 10.1. The van der Waals surface area contributed by atoms with Gasteiger partial charge in [-0.1, -0.05) is 6.92 Å². The number of nitrogens with zero attached hydrogens (tertiary/aromatic N) is 2. The van der Waals surface area contributed by atoms with Gasteiger partial charge in [-0.15, -0.1) is 0 Å². The van der Waals surface area contributed by atoms with Crippen LogP contribution in [0.1, 0.15) is 13.3 Å². The minimum atomic E-state index is -0.948. The van der Waals surface area contributed by atoms with Crippen LogP contribution < -0.4 is 5.32 Å². The Labute approximate surface area is 107 Å². The highest BCUT2D eigenvalue weighted by Crippen LogP contribution is 2.02. The fraction of sp³-hybridized carbons (Fsp3) is 0.727. The number of nitrogens with one attached hydrogen (secondary N) is 1. The monoisotopic (exact) mass is 259 g/mol. The lowest BCUT2D eigenvalue weighted by molar-refractivity contribution is -0.137. The number of aliphatic carboxylic acids is 1. The Kier molecular flexibility index (Phi) is 6.77. The zero-order chi connectivity index (χ0) is 14.3. The van der Waals surface area contributed by atoms with Crippen LogP contribution in [0.2, 0.25) is 0 Å². The summed E-state index contributed by atoms with van der Waals surface area (Å²) in [5.41, 5.74) is 0. The van der Waals surface area contributed by atoms with E-state index in [1.165, 1.54) is 16.8 Å². The van der Waals surface area contributed by atoms with Gasteiger partial charge in [-0.25, -0.2) is 4.79 Å². The molecule has 104 valence electrons. The SMILES string of the molecule is CNC(=O)C(C)CN(C)C(=O)N(C)CCC(=O)O. The third kappa shape index (κ3) is 5.51. The second-order valence-corrected chi connectivity index (χ2v) is 4.24. The highest BCUT2D eigenvalue weighted by Gasteiger charge is 2.19. The summed E-state index contributed by atoms with van der Waals surface area (Å²) in [5.74, 6) is -1.39. The van der Waals surface area contributed by atoms with E-state index in [-0.39, 0.29) is 37.4 Å². The molecule has 0 aromatic carbocycles. The number of carboxylic acid groups (broad SMARTS) is 1. The number of carboxylic acids is 1. The summed E-state index contributed by atoms with van der Waals surface area (Å²) < 4.78 is 0. The topological polar surface area (TPSA) is 90.0 Å². The van der Waals surface area contributed by atoms with Crippen molar-refractivity contribution in [3.05, 3.63) is 0 Å². The lowest BCUT2D eigenvalue weighted by Crippen LogP contribution is -2.43. The van der Waals surface area contributed by atoms with Crippen molar-refractivity contribution in [1.82, 2.24) is 15.1 Å². The molecule has 0 aliphatic heterocycles. The summed E-state index contributed by atoms with van der Waals surface area (Å²) in [5, 5.41) is 11.0. The normalized spacial score (nSPS) is 11.6. The van der Waals surface area contributed by atoms with Gasteiger partial charge in [0.2, 0.25) is 5.91 Å². The van der Waals surface area contributed by atoms with Crippen molar-refractivity contribution >= 4 is 17.9 Å². The summed E-state index contributed by atoms with van der Waals surface area (Å²) in [6.07, 6.45) is -0.0962. The zero-order valence-corrected chi connectivity index (χ0v) is 11.3. The molecule has 2 N–H and O–H groups in total. The highest BCUT2D eigenvalue weighted by molar-refractivity contribution is 5.80. The maximum Gasteiger partial charge on any atom is 0.319 e. The third-order valence-electron chi connectivity index (χ3n) is 2.56. The first-order chi connectivity index (χ1) is 8.29. The molecule has 0 aromatic rings. The maximum atomic E-state index is 11.8. The Hall–Kier alpha value is -1.79. The van der Waals surface area contributed by atoms with Crippen LogP contribution in [0.25, 0.3) is 0 Å². The minimum Gasteiger partial charge on any atom is -0.481 e. The molecule has 0 aromatic heterocycles. The molecule has 0 rings (SSSR count). The van der Waals surface area contributed by atoms with Crippen LogP contribution in [0.3, 0.4) is 0 Å². The van der Waals surface area contributed by atoms with Gasteiger partial charge in [-0.05, 0) is 0 Å². The lowest BCUT2D eigenvalue weighted by Gasteiger charge is -2.26. The molecule has 0 heterocycles. The molecule has 0 radical (unpaired) electrons. The van der Waals surface area contributed by atoms with Crippen LogP contribution in [-0.2, 0) is 9.59 Å². The zero-order valence-electron chi connectivity index (χ0n) is 11.3. The third-order valence-corrected chi connectivity index (χ3v) is 2.56. The van der Waals surface area contributed by atoms with Crippen LogP contribution in [0.4, 0.5) is 4.79 Å². The molecule has 7 heteroatoms. The highest BCUT2D eigenvalue weighted by atomic mass is 16.4. The average Bonchev–Trinajstić information content (AvgIpc) is 2.33. The number of amides is 3. The van der Waals surface area contributed by atoms with Gasteiger partial charge >= 0.3 is 12.0 Å². The summed E-state index contributed by atoms with van der Waals surface area (Å²) in [6, 6.07) is -0.299. The number of carbonyl (C=O) groups excluding carboxylic acids is 2. The smallest absolute Gasteiger partial charge is 0.319 e. The van der Waals surface area contributed by atoms with E-state index in [9.17, 15) is 14.4 Å². The van der Waals surface area contributed by atoms with E-state index in [1.54, 1.807) is 21.0 Å². The van der Waals surface area contributed by atoms with Gasteiger partial charge in [0.05, 0.1) is 12.3 Å².